The molecular weight excluding hydrogens is 344 g/mol. The minimum atomic E-state index is -0.464. The molecule has 128 valence electrons. The average Bonchev–Trinajstić information content (AvgIpc) is 3.13. The highest BCUT2D eigenvalue weighted by Gasteiger charge is 2.22. The smallest absolute Gasteiger partial charge is 0.255 e. The molecule has 1 aliphatic heterocycles. The number of aromatic amines is 1. The van der Waals surface area contributed by atoms with E-state index in [1.807, 2.05) is 22.4 Å². The standard InChI is InChI=1S/C18H15F2N3OS/c19-12-3-4-14(20)11(8-12)9-23-6-5-15-13(10-23)18(24)22-17(21-15)16-2-1-7-25-16/h1-4,7-8H,5-6,9-10H2,(H,21,22,24). The van der Waals surface area contributed by atoms with Crippen molar-refractivity contribution >= 4 is 11.3 Å². The van der Waals surface area contributed by atoms with Crippen LogP contribution in [-0.2, 0) is 19.5 Å². The molecule has 0 atom stereocenters. The summed E-state index contributed by atoms with van der Waals surface area (Å²) in [5.74, 6) is -0.315. The van der Waals surface area contributed by atoms with Gasteiger partial charge in [0.15, 0.2) is 5.82 Å². The van der Waals surface area contributed by atoms with E-state index in [0.29, 0.717) is 36.5 Å². The Kier molecular flexibility index (Phi) is 4.19. The Morgan fingerprint density at radius 2 is 2.16 bits per heavy atom. The van der Waals surface area contributed by atoms with Gasteiger partial charge in [0.1, 0.15) is 11.6 Å². The minimum absolute atomic E-state index is 0.169. The van der Waals surface area contributed by atoms with Gasteiger partial charge in [-0.15, -0.1) is 11.3 Å². The van der Waals surface area contributed by atoms with Crippen molar-refractivity contribution in [3.63, 3.8) is 0 Å². The molecule has 0 bridgehead atoms. The van der Waals surface area contributed by atoms with Crippen LogP contribution in [0.5, 0.6) is 0 Å². The Bertz CT molecular complexity index is 969. The average molecular weight is 359 g/mol. The molecule has 0 saturated carbocycles. The summed E-state index contributed by atoms with van der Waals surface area (Å²) in [5, 5.41) is 1.93. The van der Waals surface area contributed by atoms with Crippen LogP contribution in [-0.4, -0.2) is 21.4 Å². The van der Waals surface area contributed by atoms with E-state index in [1.54, 1.807) is 0 Å². The Hall–Kier alpha value is -2.38. The molecular formula is C18H15F2N3OS. The van der Waals surface area contributed by atoms with Gasteiger partial charge in [0.05, 0.1) is 16.1 Å². The van der Waals surface area contributed by atoms with Crippen LogP contribution in [0.15, 0.2) is 40.5 Å². The fourth-order valence-electron chi connectivity index (χ4n) is 3.05. The maximum absolute atomic E-state index is 13.8. The highest BCUT2D eigenvalue weighted by molar-refractivity contribution is 7.13. The highest BCUT2D eigenvalue weighted by atomic mass is 32.1. The van der Waals surface area contributed by atoms with Gasteiger partial charge >= 0.3 is 0 Å². The van der Waals surface area contributed by atoms with Gasteiger partial charge in [-0.25, -0.2) is 13.8 Å². The molecule has 0 aliphatic carbocycles. The van der Waals surface area contributed by atoms with E-state index in [1.165, 1.54) is 17.4 Å². The molecule has 3 heterocycles. The molecule has 3 aromatic rings. The van der Waals surface area contributed by atoms with Gasteiger partial charge in [0, 0.05) is 31.6 Å². The Balaban J connectivity index is 1.59. The van der Waals surface area contributed by atoms with Crippen LogP contribution in [0.3, 0.4) is 0 Å². The lowest BCUT2D eigenvalue weighted by Crippen LogP contribution is -2.35. The van der Waals surface area contributed by atoms with Crippen LogP contribution in [0, 0.1) is 11.6 Å². The number of fused-ring (bicyclic) bond motifs is 1. The molecule has 4 nitrogen and oxygen atoms in total. The fraction of sp³-hybridized carbons (Fsp3) is 0.222. The van der Waals surface area contributed by atoms with Gasteiger partial charge in [0.2, 0.25) is 0 Å². The number of hydrogen-bond acceptors (Lipinski definition) is 4. The number of benzene rings is 1. The summed E-state index contributed by atoms with van der Waals surface area (Å²) in [5.41, 5.74) is 1.51. The Morgan fingerprint density at radius 3 is 2.96 bits per heavy atom. The number of nitrogens with one attached hydrogen (secondary N) is 1. The number of aromatic nitrogens is 2. The molecule has 2 aromatic heterocycles. The van der Waals surface area contributed by atoms with Crippen molar-refractivity contribution in [3.8, 4) is 10.7 Å². The van der Waals surface area contributed by atoms with E-state index < -0.39 is 11.6 Å². The summed E-state index contributed by atoms with van der Waals surface area (Å²) < 4.78 is 27.2. The van der Waals surface area contributed by atoms with Crippen LogP contribution in [0.4, 0.5) is 8.78 Å². The zero-order valence-electron chi connectivity index (χ0n) is 13.3. The first-order valence-electron chi connectivity index (χ1n) is 7.92. The summed E-state index contributed by atoms with van der Waals surface area (Å²) in [6, 6.07) is 7.26. The van der Waals surface area contributed by atoms with Gasteiger partial charge in [-0.2, -0.15) is 0 Å². The SMILES string of the molecule is O=c1[nH]c(-c2cccs2)nc2c1CN(Cc1cc(F)ccc1F)CC2. The summed E-state index contributed by atoms with van der Waals surface area (Å²) in [6.07, 6.45) is 0.606. The molecule has 1 aliphatic rings. The molecule has 0 fully saturated rings. The second-order valence-electron chi connectivity index (χ2n) is 6.01. The number of halogens is 2. The zero-order chi connectivity index (χ0) is 17.4. The Morgan fingerprint density at radius 1 is 1.28 bits per heavy atom. The van der Waals surface area contributed by atoms with Crippen molar-refractivity contribution in [3.05, 3.63) is 74.5 Å². The second-order valence-corrected chi connectivity index (χ2v) is 6.96. The van der Waals surface area contributed by atoms with Crippen LogP contribution in [0.25, 0.3) is 10.7 Å². The van der Waals surface area contributed by atoms with E-state index >= 15 is 0 Å². The first-order valence-corrected chi connectivity index (χ1v) is 8.80. The summed E-state index contributed by atoms with van der Waals surface area (Å²) in [4.78, 5) is 22.7. The van der Waals surface area contributed by atoms with E-state index in [9.17, 15) is 13.6 Å². The van der Waals surface area contributed by atoms with E-state index in [4.69, 9.17) is 0 Å². The van der Waals surface area contributed by atoms with Crippen molar-refractivity contribution in [2.45, 2.75) is 19.5 Å². The van der Waals surface area contributed by atoms with E-state index in [0.717, 1.165) is 22.7 Å². The lowest BCUT2D eigenvalue weighted by Gasteiger charge is -2.27. The maximum atomic E-state index is 13.8. The number of thiophene rings is 1. The minimum Gasteiger partial charge on any atom is -0.306 e. The van der Waals surface area contributed by atoms with Crippen molar-refractivity contribution in [2.24, 2.45) is 0 Å². The number of rotatable bonds is 3. The lowest BCUT2D eigenvalue weighted by molar-refractivity contribution is 0.238. The van der Waals surface area contributed by atoms with Gasteiger partial charge in [0.25, 0.3) is 5.56 Å². The molecule has 0 radical (unpaired) electrons. The topological polar surface area (TPSA) is 49.0 Å². The van der Waals surface area contributed by atoms with Crippen LogP contribution < -0.4 is 5.56 Å². The fourth-order valence-corrected chi connectivity index (χ4v) is 3.72. The summed E-state index contributed by atoms with van der Waals surface area (Å²) in [6.45, 7) is 1.27. The first-order chi connectivity index (χ1) is 12.1. The van der Waals surface area contributed by atoms with E-state index in [2.05, 4.69) is 9.97 Å². The number of nitrogens with zero attached hydrogens (tertiary/aromatic N) is 2. The van der Waals surface area contributed by atoms with Gasteiger partial charge in [-0.1, -0.05) is 6.07 Å². The highest BCUT2D eigenvalue weighted by Crippen LogP contribution is 2.23. The predicted molar refractivity (Wildman–Crippen MR) is 92.3 cm³/mol. The van der Waals surface area contributed by atoms with E-state index in [-0.39, 0.29) is 12.1 Å². The zero-order valence-corrected chi connectivity index (χ0v) is 14.1. The van der Waals surface area contributed by atoms with Gasteiger partial charge in [-0.3, -0.25) is 9.69 Å². The van der Waals surface area contributed by atoms with Gasteiger partial charge < -0.3 is 4.98 Å². The summed E-state index contributed by atoms with van der Waals surface area (Å²) in [7, 11) is 0. The molecule has 7 heteroatoms. The monoisotopic (exact) mass is 359 g/mol. The largest absolute Gasteiger partial charge is 0.306 e. The maximum Gasteiger partial charge on any atom is 0.255 e. The number of hydrogen-bond donors (Lipinski definition) is 1. The Labute approximate surface area is 146 Å². The molecule has 1 aromatic carbocycles. The van der Waals surface area contributed by atoms with Crippen molar-refractivity contribution < 1.29 is 8.78 Å². The van der Waals surface area contributed by atoms with Crippen molar-refractivity contribution in [2.75, 3.05) is 6.54 Å². The molecule has 0 amide bonds. The normalized spacial score (nSPS) is 14.5. The van der Waals surface area contributed by atoms with Crippen LogP contribution in [0.2, 0.25) is 0 Å². The predicted octanol–water partition coefficient (Wildman–Crippen LogP) is 3.33. The molecule has 1 N–H and O–H groups in total. The number of H-pyrrole nitrogens is 1. The molecule has 25 heavy (non-hydrogen) atoms. The molecule has 0 unspecified atom stereocenters. The van der Waals surface area contributed by atoms with Crippen LogP contribution in [0.1, 0.15) is 16.8 Å². The summed E-state index contributed by atoms with van der Waals surface area (Å²) >= 11 is 1.52. The third-order valence-corrected chi connectivity index (χ3v) is 5.18. The third kappa shape index (κ3) is 3.25. The quantitative estimate of drug-likeness (QED) is 0.780. The molecule has 0 spiro atoms. The third-order valence-electron chi connectivity index (χ3n) is 4.30. The van der Waals surface area contributed by atoms with Gasteiger partial charge in [-0.05, 0) is 29.6 Å². The lowest BCUT2D eigenvalue weighted by atomic mass is 10.1. The van der Waals surface area contributed by atoms with Crippen molar-refractivity contribution in [1.29, 1.82) is 0 Å². The second kappa shape index (κ2) is 6.50. The molecule has 0 saturated heterocycles. The first kappa shape index (κ1) is 16.1. The molecule has 4 rings (SSSR count). The van der Waals surface area contributed by atoms with Crippen molar-refractivity contribution in [1.82, 2.24) is 14.9 Å². The van der Waals surface area contributed by atoms with Crippen LogP contribution >= 0.6 is 11.3 Å².